The molecule has 36 heavy (non-hydrogen) atoms. The molecule has 182 valence electrons. The predicted octanol–water partition coefficient (Wildman–Crippen LogP) is 0.309. The lowest BCUT2D eigenvalue weighted by atomic mass is 9.53. The number of phenols is 1. The van der Waals surface area contributed by atoms with Crippen molar-refractivity contribution in [3.8, 4) is 17.6 Å². The van der Waals surface area contributed by atoms with Crippen LogP contribution >= 0.6 is 0 Å². The molecule has 2 unspecified atom stereocenters. The van der Waals surface area contributed by atoms with Crippen molar-refractivity contribution < 1.29 is 34.2 Å². The van der Waals surface area contributed by atoms with Crippen LogP contribution in [0.2, 0.25) is 0 Å². The summed E-state index contributed by atoms with van der Waals surface area (Å²) in [6.07, 6.45) is -0.178. The number of fused-ring (bicyclic) bond motifs is 3. The normalized spacial score (nSPS) is 28.9. The molecule has 2 aromatic rings. The number of nitrogen functional groups attached to an aromatic ring is 1. The molecule has 3 aliphatic rings. The third-order valence-electron chi connectivity index (χ3n) is 7.54. The Hall–Kier alpha value is -4.29. The first kappa shape index (κ1) is 23.5. The minimum atomic E-state index is -2.66. The van der Waals surface area contributed by atoms with E-state index in [2.05, 4.69) is 11.8 Å². The topological polar surface area (TPSA) is 178 Å². The maximum Gasteiger partial charge on any atom is 0.235 e. The number of anilines is 1. The number of hydrogen-bond acceptors (Lipinski definition) is 8. The quantitative estimate of drug-likeness (QED) is 0.253. The molecule has 9 heteroatoms. The lowest BCUT2D eigenvalue weighted by molar-refractivity contribution is -0.175. The van der Waals surface area contributed by atoms with Gasteiger partial charge in [-0.15, -0.1) is 0 Å². The molecule has 5 rings (SSSR count). The first-order valence-corrected chi connectivity index (χ1v) is 11.4. The Morgan fingerprint density at radius 3 is 2.33 bits per heavy atom. The van der Waals surface area contributed by atoms with Crippen molar-refractivity contribution in [2.24, 2.45) is 29.4 Å². The Balaban J connectivity index is 1.56. The Morgan fingerprint density at radius 1 is 0.972 bits per heavy atom. The summed E-state index contributed by atoms with van der Waals surface area (Å²) < 4.78 is 0. The highest BCUT2D eigenvalue weighted by atomic mass is 16.3. The second-order valence-corrected chi connectivity index (χ2v) is 9.60. The zero-order valence-corrected chi connectivity index (χ0v) is 19.0. The largest absolute Gasteiger partial charge is 0.507 e. The van der Waals surface area contributed by atoms with E-state index in [1.807, 2.05) is 0 Å². The lowest BCUT2D eigenvalue weighted by Crippen LogP contribution is -2.68. The number of rotatable bonds is 1. The molecule has 0 aliphatic heterocycles. The molecule has 6 N–H and O–H groups in total. The zero-order valence-electron chi connectivity index (χ0n) is 19.0. The summed E-state index contributed by atoms with van der Waals surface area (Å²) >= 11 is 0. The number of amides is 1. The number of hydrogen-bond donors (Lipinski definition) is 4. The van der Waals surface area contributed by atoms with Crippen LogP contribution in [0.1, 0.15) is 39.9 Å². The van der Waals surface area contributed by atoms with Gasteiger partial charge in [-0.25, -0.2) is 0 Å². The van der Waals surface area contributed by atoms with Crippen LogP contribution in [-0.4, -0.2) is 44.9 Å². The summed E-state index contributed by atoms with van der Waals surface area (Å²) in [7, 11) is 0. The van der Waals surface area contributed by atoms with Gasteiger partial charge in [0.25, 0.3) is 0 Å². The molecule has 0 heterocycles. The van der Waals surface area contributed by atoms with Crippen LogP contribution in [0, 0.1) is 35.5 Å². The molecule has 9 nitrogen and oxygen atoms in total. The number of carbonyl (C=O) groups excluding carboxylic acids is 5. The van der Waals surface area contributed by atoms with E-state index in [9.17, 15) is 34.2 Å². The van der Waals surface area contributed by atoms with Gasteiger partial charge in [-0.05, 0) is 60.7 Å². The van der Waals surface area contributed by atoms with E-state index >= 15 is 0 Å². The maximum absolute atomic E-state index is 13.5. The molecule has 1 amide bonds. The summed E-state index contributed by atoms with van der Waals surface area (Å²) in [5.74, 6) is -4.41. The highest BCUT2D eigenvalue weighted by Crippen LogP contribution is 2.50. The zero-order chi connectivity index (χ0) is 25.9. The van der Waals surface area contributed by atoms with Crippen LogP contribution < -0.4 is 11.5 Å². The second kappa shape index (κ2) is 8.14. The molecule has 2 saturated carbocycles. The number of benzene rings is 2. The number of carbonyl (C=O) groups is 5. The maximum atomic E-state index is 13.5. The predicted molar refractivity (Wildman–Crippen MR) is 125 cm³/mol. The Kier molecular flexibility index (Phi) is 5.30. The Bertz CT molecular complexity index is 1430. The highest BCUT2D eigenvalue weighted by molar-refractivity contribution is 6.31. The first-order valence-electron chi connectivity index (χ1n) is 11.4. The van der Waals surface area contributed by atoms with Crippen LogP contribution in [0.4, 0.5) is 5.69 Å². The van der Waals surface area contributed by atoms with Crippen LogP contribution in [0.15, 0.2) is 36.4 Å². The van der Waals surface area contributed by atoms with E-state index < -0.39 is 58.3 Å². The SMILES string of the molecule is NC(=O)C1C(=O)C[C@@H]2C[C@@H]3Cc4c(C#Cc5ccc(N)cc5)ccc(O)c4C(=O)C3C(=O)[C@]2(O)C1=O. The molecule has 0 spiro atoms. The van der Waals surface area contributed by atoms with Crippen molar-refractivity contribution in [1.29, 1.82) is 0 Å². The molecule has 0 radical (unpaired) electrons. The van der Waals surface area contributed by atoms with Crippen molar-refractivity contribution in [3.05, 3.63) is 58.7 Å². The molecule has 0 saturated heterocycles. The van der Waals surface area contributed by atoms with Crippen LogP contribution in [-0.2, 0) is 25.6 Å². The number of aromatic hydroxyl groups is 1. The van der Waals surface area contributed by atoms with Gasteiger partial charge in [0, 0.05) is 29.2 Å². The smallest absolute Gasteiger partial charge is 0.235 e. The number of Topliss-reactive ketones (excluding diaryl/α,β-unsaturated/α-hetero) is 4. The molecular weight excluding hydrogens is 464 g/mol. The molecule has 5 atom stereocenters. The van der Waals surface area contributed by atoms with Gasteiger partial charge in [-0.2, -0.15) is 0 Å². The standard InChI is InChI=1S/C27H22N2O7/c28-16-6-2-12(3-7-16)1-4-13-5-8-18(30)21-17(13)10-14-9-15-11-19(31)22(26(29)35)25(34)27(15,36)24(33)20(14)23(21)32/h2-3,5-8,14-15,20,22,30,36H,9-11,28H2,(H2,29,35)/t14-,15+,20?,22?,27+/m1/s1. The fourth-order valence-corrected chi connectivity index (χ4v) is 5.79. The van der Waals surface area contributed by atoms with E-state index in [0.29, 0.717) is 22.4 Å². The van der Waals surface area contributed by atoms with Gasteiger partial charge < -0.3 is 21.7 Å². The van der Waals surface area contributed by atoms with Crippen molar-refractivity contribution in [1.82, 2.24) is 0 Å². The van der Waals surface area contributed by atoms with Crippen molar-refractivity contribution in [2.75, 3.05) is 5.73 Å². The first-order chi connectivity index (χ1) is 17.0. The average Bonchev–Trinajstić information content (AvgIpc) is 2.81. The average molecular weight is 486 g/mol. The van der Waals surface area contributed by atoms with Gasteiger partial charge in [0.05, 0.1) is 11.5 Å². The molecule has 2 aromatic carbocycles. The van der Waals surface area contributed by atoms with Crippen LogP contribution in [0.25, 0.3) is 0 Å². The second-order valence-electron chi connectivity index (χ2n) is 9.60. The minimum absolute atomic E-state index is 0.0293. The van der Waals surface area contributed by atoms with Gasteiger partial charge >= 0.3 is 0 Å². The summed E-state index contributed by atoms with van der Waals surface area (Å²) in [6.45, 7) is 0. The third kappa shape index (κ3) is 3.33. The molecular formula is C27H22N2O7. The summed E-state index contributed by atoms with van der Waals surface area (Å²) in [6, 6.07) is 9.78. The monoisotopic (exact) mass is 486 g/mol. The lowest BCUT2D eigenvalue weighted by Gasteiger charge is -2.48. The Labute approximate surface area is 205 Å². The summed E-state index contributed by atoms with van der Waals surface area (Å²) in [5.41, 5.74) is 10.4. The van der Waals surface area contributed by atoms with Crippen molar-refractivity contribution in [2.45, 2.75) is 24.9 Å². The minimum Gasteiger partial charge on any atom is -0.507 e. The highest BCUT2D eigenvalue weighted by Gasteiger charge is 2.66. The number of primary amides is 1. The number of nitrogens with two attached hydrogens (primary N) is 2. The number of aliphatic hydroxyl groups is 1. The molecule has 0 bridgehead atoms. The van der Waals surface area contributed by atoms with Crippen molar-refractivity contribution >= 4 is 34.7 Å². The number of phenolic OH excluding ortho intramolecular Hbond substituents is 1. The van der Waals surface area contributed by atoms with E-state index in [1.54, 1.807) is 30.3 Å². The van der Waals surface area contributed by atoms with E-state index in [1.165, 1.54) is 6.07 Å². The number of ketones is 4. The Morgan fingerprint density at radius 2 is 1.67 bits per heavy atom. The fourth-order valence-electron chi connectivity index (χ4n) is 5.79. The van der Waals surface area contributed by atoms with Crippen LogP contribution in [0.3, 0.4) is 0 Å². The molecule has 3 aliphatic carbocycles. The van der Waals surface area contributed by atoms with E-state index in [4.69, 9.17) is 11.5 Å². The fraction of sp³-hybridized carbons (Fsp3) is 0.296. The third-order valence-corrected chi connectivity index (χ3v) is 7.54. The summed E-state index contributed by atoms with van der Waals surface area (Å²) in [4.78, 5) is 64.1. The van der Waals surface area contributed by atoms with Crippen molar-refractivity contribution in [3.63, 3.8) is 0 Å². The van der Waals surface area contributed by atoms with Crippen LogP contribution in [0.5, 0.6) is 5.75 Å². The van der Waals surface area contributed by atoms with Gasteiger partial charge in [0.15, 0.2) is 34.7 Å². The summed E-state index contributed by atoms with van der Waals surface area (Å²) in [5, 5.41) is 21.7. The van der Waals surface area contributed by atoms with Gasteiger partial charge in [0.1, 0.15) is 5.75 Å². The van der Waals surface area contributed by atoms with Gasteiger partial charge in [-0.3, -0.25) is 24.0 Å². The molecule has 2 fully saturated rings. The van der Waals surface area contributed by atoms with E-state index in [-0.39, 0.29) is 30.6 Å². The van der Waals surface area contributed by atoms with Gasteiger partial charge in [-0.1, -0.05) is 11.8 Å². The van der Waals surface area contributed by atoms with E-state index in [0.717, 1.165) is 0 Å². The molecule has 0 aromatic heterocycles. The van der Waals surface area contributed by atoms with Gasteiger partial charge in [0.2, 0.25) is 5.91 Å².